The second kappa shape index (κ2) is 7.09. The SMILES string of the molecule is CCNC(c1cccc(I)c1)c1ccc(OC)cc1C. The molecule has 0 bridgehead atoms. The lowest BCUT2D eigenvalue weighted by Gasteiger charge is -2.21. The van der Waals surface area contributed by atoms with E-state index in [1.54, 1.807) is 7.11 Å². The first-order chi connectivity index (χ1) is 9.65. The zero-order valence-electron chi connectivity index (χ0n) is 12.1. The molecule has 0 saturated heterocycles. The minimum Gasteiger partial charge on any atom is -0.497 e. The maximum Gasteiger partial charge on any atom is 0.119 e. The number of benzene rings is 2. The molecule has 1 unspecified atom stereocenters. The molecule has 2 nitrogen and oxygen atoms in total. The Kier molecular flexibility index (Phi) is 5.43. The average molecular weight is 381 g/mol. The Morgan fingerprint density at radius 2 is 2.00 bits per heavy atom. The van der Waals surface area contributed by atoms with Gasteiger partial charge in [-0.1, -0.05) is 25.1 Å². The molecular formula is C17H20INO. The predicted octanol–water partition coefficient (Wildman–Crippen LogP) is 4.31. The van der Waals surface area contributed by atoms with Gasteiger partial charge in [0.2, 0.25) is 0 Å². The van der Waals surface area contributed by atoms with Crippen molar-refractivity contribution in [3.63, 3.8) is 0 Å². The van der Waals surface area contributed by atoms with Crippen LogP contribution in [0.4, 0.5) is 0 Å². The van der Waals surface area contributed by atoms with Crippen molar-refractivity contribution in [3.05, 3.63) is 62.7 Å². The molecule has 0 aliphatic carbocycles. The minimum atomic E-state index is 0.223. The fraction of sp³-hybridized carbons (Fsp3) is 0.294. The number of rotatable bonds is 5. The van der Waals surface area contributed by atoms with Gasteiger partial charge < -0.3 is 10.1 Å². The Hall–Kier alpha value is -1.07. The van der Waals surface area contributed by atoms with Crippen molar-refractivity contribution in [1.29, 1.82) is 0 Å². The van der Waals surface area contributed by atoms with Gasteiger partial charge in [-0.3, -0.25) is 0 Å². The molecule has 0 spiro atoms. The lowest BCUT2D eigenvalue weighted by molar-refractivity contribution is 0.414. The molecule has 0 radical (unpaired) electrons. The number of hydrogen-bond acceptors (Lipinski definition) is 2. The minimum absolute atomic E-state index is 0.223. The summed E-state index contributed by atoms with van der Waals surface area (Å²) < 4.78 is 6.55. The zero-order valence-corrected chi connectivity index (χ0v) is 14.3. The van der Waals surface area contributed by atoms with E-state index in [9.17, 15) is 0 Å². The van der Waals surface area contributed by atoms with Crippen LogP contribution >= 0.6 is 22.6 Å². The highest BCUT2D eigenvalue weighted by Gasteiger charge is 2.15. The summed E-state index contributed by atoms with van der Waals surface area (Å²) in [5, 5.41) is 3.58. The first-order valence-electron chi connectivity index (χ1n) is 6.79. The van der Waals surface area contributed by atoms with Gasteiger partial charge in [0.25, 0.3) is 0 Å². The number of methoxy groups -OCH3 is 1. The van der Waals surface area contributed by atoms with E-state index in [4.69, 9.17) is 4.74 Å². The quantitative estimate of drug-likeness (QED) is 0.780. The second-order valence-corrected chi connectivity index (χ2v) is 6.01. The largest absolute Gasteiger partial charge is 0.497 e. The molecule has 0 heterocycles. The molecule has 3 heteroatoms. The third-order valence-corrected chi connectivity index (χ3v) is 4.05. The summed E-state index contributed by atoms with van der Waals surface area (Å²) in [5.74, 6) is 0.907. The van der Waals surface area contributed by atoms with Crippen LogP contribution in [0.15, 0.2) is 42.5 Å². The van der Waals surface area contributed by atoms with Crippen molar-refractivity contribution in [3.8, 4) is 5.75 Å². The molecule has 0 aliphatic heterocycles. The van der Waals surface area contributed by atoms with E-state index in [2.05, 4.69) is 78.2 Å². The van der Waals surface area contributed by atoms with Crippen LogP contribution in [0.25, 0.3) is 0 Å². The van der Waals surface area contributed by atoms with Gasteiger partial charge in [-0.15, -0.1) is 0 Å². The van der Waals surface area contributed by atoms with Crippen LogP contribution in [-0.2, 0) is 0 Å². The number of halogens is 1. The van der Waals surface area contributed by atoms with E-state index in [1.807, 2.05) is 6.07 Å². The van der Waals surface area contributed by atoms with E-state index in [1.165, 1.54) is 20.3 Å². The molecule has 2 aromatic rings. The number of hydrogen-bond donors (Lipinski definition) is 1. The normalized spacial score (nSPS) is 12.2. The van der Waals surface area contributed by atoms with E-state index in [0.29, 0.717) is 0 Å². The Morgan fingerprint density at radius 1 is 1.20 bits per heavy atom. The van der Waals surface area contributed by atoms with Gasteiger partial charge in [-0.25, -0.2) is 0 Å². The zero-order chi connectivity index (χ0) is 14.5. The van der Waals surface area contributed by atoms with Crippen LogP contribution in [0.2, 0.25) is 0 Å². The van der Waals surface area contributed by atoms with Crippen LogP contribution in [0.3, 0.4) is 0 Å². The summed E-state index contributed by atoms with van der Waals surface area (Å²) in [6, 6.07) is 15.1. The van der Waals surface area contributed by atoms with E-state index in [0.717, 1.165) is 12.3 Å². The Labute approximate surface area is 134 Å². The first-order valence-corrected chi connectivity index (χ1v) is 7.87. The van der Waals surface area contributed by atoms with Gasteiger partial charge in [-0.2, -0.15) is 0 Å². The van der Waals surface area contributed by atoms with Gasteiger partial charge in [0.15, 0.2) is 0 Å². The topological polar surface area (TPSA) is 21.3 Å². The first kappa shape index (κ1) is 15.3. The van der Waals surface area contributed by atoms with Crippen LogP contribution in [0.1, 0.15) is 29.7 Å². The molecule has 1 N–H and O–H groups in total. The highest BCUT2D eigenvalue weighted by atomic mass is 127. The van der Waals surface area contributed by atoms with Crippen molar-refractivity contribution in [2.45, 2.75) is 19.9 Å². The third kappa shape index (κ3) is 3.52. The molecule has 0 saturated carbocycles. The molecule has 2 aromatic carbocycles. The molecule has 2 rings (SSSR count). The lowest BCUT2D eigenvalue weighted by Crippen LogP contribution is -2.22. The molecule has 0 fully saturated rings. The van der Waals surface area contributed by atoms with Gasteiger partial charge >= 0.3 is 0 Å². The Morgan fingerprint density at radius 3 is 2.60 bits per heavy atom. The van der Waals surface area contributed by atoms with Gasteiger partial charge in [-0.05, 0) is 77.0 Å². The summed E-state index contributed by atoms with van der Waals surface area (Å²) in [5.41, 5.74) is 3.84. The maximum absolute atomic E-state index is 5.29. The van der Waals surface area contributed by atoms with Gasteiger partial charge in [0, 0.05) is 3.57 Å². The van der Waals surface area contributed by atoms with E-state index >= 15 is 0 Å². The van der Waals surface area contributed by atoms with Crippen LogP contribution in [-0.4, -0.2) is 13.7 Å². The smallest absolute Gasteiger partial charge is 0.119 e. The summed E-state index contributed by atoms with van der Waals surface area (Å²) in [6.45, 7) is 5.21. The third-order valence-electron chi connectivity index (χ3n) is 3.38. The molecule has 20 heavy (non-hydrogen) atoms. The van der Waals surface area contributed by atoms with Crippen molar-refractivity contribution in [1.82, 2.24) is 5.32 Å². The molecule has 106 valence electrons. The standard InChI is InChI=1S/C17H20INO/c1-4-19-17(13-6-5-7-14(18)11-13)16-9-8-15(20-3)10-12(16)2/h5-11,17,19H,4H2,1-3H3. The van der Waals surface area contributed by atoms with Crippen molar-refractivity contribution >= 4 is 22.6 Å². The summed E-state index contributed by atoms with van der Waals surface area (Å²) in [6.07, 6.45) is 0. The highest BCUT2D eigenvalue weighted by Crippen LogP contribution is 2.28. The van der Waals surface area contributed by atoms with E-state index < -0.39 is 0 Å². The number of ether oxygens (including phenoxy) is 1. The fourth-order valence-corrected chi connectivity index (χ4v) is 2.96. The number of aryl methyl sites for hydroxylation is 1. The highest BCUT2D eigenvalue weighted by molar-refractivity contribution is 14.1. The monoisotopic (exact) mass is 381 g/mol. The molecule has 0 aromatic heterocycles. The lowest BCUT2D eigenvalue weighted by atomic mass is 9.95. The molecule has 0 amide bonds. The maximum atomic E-state index is 5.29. The predicted molar refractivity (Wildman–Crippen MR) is 92.4 cm³/mol. The Bertz CT molecular complexity index is 583. The van der Waals surface area contributed by atoms with Crippen molar-refractivity contribution < 1.29 is 4.74 Å². The van der Waals surface area contributed by atoms with Crippen molar-refractivity contribution in [2.24, 2.45) is 0 Å². The average Bonchev–Trinajstić information content (AvgIpc) is 2.45. The fourth-order valence-electron chi connectivity index (χ4n) is 2.40. The second-order valence-electron chi connectivity index (χ2n) is 4.77. The van der Waals surface area contributed by atoms with Crippen LogP contribution in [0, 0.1) is 10.5 Å². The molecule has 0 aliphatic rings. The molecular weight excluding hydrogens is 361 g/mol. The summed E-state index contributed by atoms with van der Waals surface area (Å²) >= 11 is 2.36. The van der Waals surface area contributed by atoms with Crippen LogP contribution < -0.4 is 10.1 Å². The van der Waals surface area contributed by atoms with Crippen molar-refractivity contribution in [2.75, 3.05) is 13.7 Å². The van der Waals surface area contributed by atoms with E-state index in [-0.39, 0.29) is 6.04 Å². The summed E-state index contributed by atoms with van der Waals surface area (Å²) in [7, 11) is 1.70. The van der Waals surface area contributed by atoms with Crippen LogP contribution in [0.5, 0.6) is 5.75 Å². The summed E-state index contributed by atoms with van der Waals surface area (Å²) in [4.78, 5) is 0. The van der Waals surface area contributed by atoms with Gasteiger partial charge in [0.1, 0.15) is 5.75 Å². The molecule has 1 atom stereocenters. The Balaban J connectivity index is 2.43. The van der Waals surface area contributed by atoms with Gasteiger partial charge in [0.05, 0.1) is 13.2 Å². The number of nitrogens with one attached hydrogen (secondary N) is 1.